The average molecular weight is 363 g/mol. The Bertz CT molecular complexity index is 1020. The molecule has 1 N–H and O–H groups in total. The second-order valence-electron chi connectivity index (χ2n) is 7.57. The number of aliphatic hydroxyl groups excluding tert-OH is 1. The lowest BCUT2D eigenvalue weighted by Crippen LogP contribution is -2.31. The van der Waals surface area contributed by atoms with E-state index >= 15 is 0 Å². The molecule has 5 rings (SSSR count). The van der Waals surface area contributed by atoms with Gasteiger partial charge in [0.05, 0.1) is 23.0 Å². The molecular weight excluding hydrogens is 342 g/mol. The van der Waals surface area contributed by atoms with E-state index in [2.05, 4.69) is 15.3 Å². The molecule has 0 bridgehead atoms. The maximum absolute atomic E-state index is 13.0. The Kier molecular flexibility index (Phi) is 3.72. The summed E-state index contributed by atoms with van der Waals surface area (Å²) in [5.41, 5.74) is 2.71. The monoisotopic (exact) mass is 363 g/mol. The van der Waals surface area contributed by atoms with Crippen LogP contribution in [0.15, 0.2) is 36.5 Å². The van der Waals surface area contributed by atoms with Crippen molar-refractivity contribution in [3.8, 4) is 5.69 Å². The van der Waals surface area contributed by atoms with E-state index in [1.165, 1.54) is 0 Å². The quantitative estimate of drug-likeness (QED) is 0.752. The first-order chi connectivity index (χ1) is 13.1. The highest BCUT2D eigenvalue weighted by Gasteiger charge is 2.44. The number of carbonyl (C=O) groups is 1. The molecule has 3 atom stereocenters. The van der Waals surface area contributed by atoms with Crippen LogP contribution >= 0.6 is 0 Å². The third-order valence-electron chi connectivity index (χ3n) is 6.04. The minimum atomic E-state index is -0.286. The first kappa shape index (κ1) is 16.4. The van der Waals surface area contributed by atoms with Gasteiger partial charge in [-0.15, -0.1) is 5.10 Å². The number of aromatic nitrogens is 4. The smallest absolute Gasteiger partial charge is 0.276 e. The van der Waals surface area contributed by atoms with Gasteiger partial charge in [0.15, 0.2) is 5.69 Å². The van der Waals surface area contributed by atoms with E-state index in [4.69, 9.17) is 0 Å². The Morgan fingerprint density at radius 2 is 2.04 bits per heavy atom. The number of pyridine rings is 1. The van der Waals surface area contributed by atoms with Crippen molar-refractivity contribution in [1.29, 1.82) is 0 Å². The van der Waals surface area contributed by atoms with Gasteiger partial charge in [0, 0.05) is 30.6 Å². The van der Waals surface area contributed by atoms with Gasteiger partial charge in [0.1, 0.15) is 0 Å². The van der Waals surface area contributed by atoms with Crippen molar-refractivity contribution in [2.75, 3.05) is 13.1 Å². The van der Waals surface area contributed by atoms with Crippen molar-refractivity contribution in [2.45, 2.75) is 25.9 Å². The molecule has 1 amide bonds. The van der Waals surface area contributed by atoms with Crippen LogP contribution < -0.4 is 0 Å². The van der Waals surface area contributed by atoms with Gasteiger partial charge in [-0.2, -0.15) is 0 Å². The van der Waals surface area contributed by atoms with Gasteiger partial charge < -0.3 is 10.0 Å². The minimum Gasteiger partial charge on any atom is -0.393 e. The summed E-state index contributed by atoms with van der Waals surface area (Å²) in [6.07, 6.45) is 3.30. The zero-order chi connectivity index (χ0) is 18.5. The number of aliphatic hydroxyl groups is 1. The SMILES string of the molecule is Cc1c(C(=O)N2C[C@@H]3CC[C@H](O)[C@H]3C2)nnn1-c1cccc2cccnc12. The van der Waals surface area contributed by atoms with E-state index in [1.54, 1.807) is 10.9 Å². The molecule has 27 heavy (non-hydrogen) atoms. The summed E-state index contributed by atoms with van der Waals surface area (Å²) in [5.74, 6) is 0.502. The van der Waals surface area contributed by atoms with Crippen LogP contribution in [0.1, 0.15) is 29.0 Å². The predicted octanol–water partition coefficient (Wildman–Crippen LogP) is 1.97. The van der Waals surface area contributed by atoms with Gasteiger partial charge in [0.25, 0.3) is 5.91 Å². The maximum atomic E-state index is 13.0. The number of amides is 1. The second-order valence-corrected chi connectivity index (χ2v) is 7.57. The summed E-state index contributed by atoms with van der Waals surface area (Å²) in [6.45, 7) is 3.16. The third kappa shape index (κ3) is 2.53. The van der Waals surface area contributed by atoms with Gasteiger partial charge in [-0.25, -0.2) is 4.68 Å². The number of rotatable bonds is 2. The van der Waals surface area contributed by atoms with Crippen LogP contribution in [0.4, 0.5) is 0 Å². The fourth-order valence-corrected chi connectivity index (χ4v) is 4.57. The van der Waals surface area contributed by atoms with Crippen molar-refractivity contribution in [3.63, 3.8) is 0 Å². The highest BCUT2D eigenvalue weighted by Crippen LogP contribution is 2.38. The van der Waals surface area contributed by atoms with E-state index in [1.807, 2.05) is 42.2 Å². The van der Waals surface area contributed by atoms with Crippen molar-refractivity contribution < 1.29 is 9.90 Å². The van der Waals surface area contributed by atoms with E-state index in [-0.39, 0.29) is 17.9 Å². The predicted molar refractivity (Wildman–Crippen MR) is 99.5 cm³/mol. The summed E-state index contributed by atoms with van der Waals surface area (Å²) in [7, 11) is 0. The standard InChI is InChI=1S/C20H21N5O2/c1-12-18(20(27)24-10-14-7-8-17(26)15(14)11-24)22-23-25(12)16-6-2-4-13-5-3-9-21-19(13)16/h2-6,9,14-15,17,26H,7-8,10-11H2,1H3/t14-,15-,17-/m0/s1. The molecule has 1 aliphatic carbocycles. The maximum Gasteiger partial charge on any atom is 0.276 e. The number of likely N-dealkylation sites (tertiary alicyclic amines) is 1. The number of hydrogen-bond acceptors (Lipinski definition) is 5. The molecule has 3 aromatic rings. The number of carbonyl (C=O) groups excluding carboxylic acids is 1. The van der Waals surface area contributed by atoms with Crippen molar-refractivity contribution in [3.05, 3.63) is 47.9 Å². The molecular formula is C20H21N5O2. The number of benzene rings is 1. The lowest BCUT2D eigenvalue weighted by Gasteiger charge is -2.17. The summed E-state index contributed by atoms with van der Waals surface area (Å²) < 4.78 is 1.69. The third-order valence-corrected chi connectivity index (χ3v) is 6.04. The first-order valence-corrected chi connectivity index (χ1v) is 9.37. The van der Waals surface area contributed by atoms with Crippen molar-refractivity contribution in [1.82, 2.24) is 24.9 Å². The van der Waals surface area contributed by atoms with E-state index in [9.17, 15) is 9.90 Å². The molecule has 2 aromatic heterocycles. The average Bonchev–Trinajstić information content (AvgIpc) is 3.37. The highest BCUT2D eigenvalue weighted by molar-refractivity contribution is 5.94. The molecule has 1 aromatic carbocycles. The number of nitrogens with zero attached hydrogens (tertiary/aromatic N) is 5. The zero-order valence-electron chi connectivity index (χ0n) is 15.1. The normalized spacial score (nSPS) is 24.5. The Morgan fingerprint density at radius 1 is 1.19 bits per heavy atom. The van der Waals surface area contributed by atoms with Crippen LogP contribution in [-0.4, -0.2) is 55.1 Å². The first-order valence-electron chi connectivity index (χ1n) is 9.37. The lowest BCUT2D eigenvalue weighted by molar-refractivity contribution is 0.0746. The summed E-state index contributed by atoms with van der Waals surface area (Å²) >= 11 is 0. The van der Waals surface area contributed by atoms with Gasteiger partial charge in [-0.1, -0.05) is 23.4 Å². The van der Waals surface area contributed by atoms with Gasteiger partial charge in [0.2, 0.25) is 0 Å². The Balaban J connectivity index is 1.48. The van der Waals surface area contributed by atoms with Gasteiger partial charge >= 0.3 is 0 Å². The molecule has 0 spiro atoms. The second kappa shape index (κ2) is 6.13. The van der Waals surface area contributed by atoms with Crippen molar-refractivity contribution in [2.24, 2.45) is 11.8 Å². The number of fused-ring (bicyclic) bond motifs is 2. The number of para-hydroxylation sites is 1. The van der Waals surface area contributed by atoms with Crippen molar-refractivity contribution >= 4 is 16.8 Å². The molecule has 3 heterocycles. The molecule has 0 unspecified atom stereocenters. The molecule has 1 aliphatic heterocycles. The highest BCUT2D eigenvalue weighted by atomic mass is 16.3. The van der Waals surface area contributed by atoms with Crippen LogP contribution in [-0.2, 0) is 0 Å². The fraction of sp³-hybridized carbons (Fsp3) is 0.400. The summed E-state index contributed by atoms with van der Waals surface area (Å²) in [4.78, 5) is 19.3. The molecule has 2 aliphatic rings. The van der Waals surface area contributed by atoms with Crippen LogP contribution in [0.25, 0.3) is 16.6 Å². The lowest BCUT2D eigenvalue weighted by atomic mass is 10.00. The summed E-state index contributed by atoms with van der Waals surface area (Å²) in [5, 5.41) is 19.5. The molecule has 1 saturated heterocycles. The van der Waals surface area contributed by atoms with Gasteiger partial charge in [-0.3, -0.25) is 9.78 Å². The van der Waals surface area contributed by atoms with E-state index < -0.39 is 0 Å². The van der Waals surface area contributed by atoms with E-state index in [0.717, 1.165) is 29.4 Å². The summed E-state index contributed by atoms with van der Waals surface area (Å²) in [6, 6.07) is 9.78. The Morgan fingerprint density at radius 3 is 2.89 bits per heavy atom. The molecule has 7 nitrogen and oxygen atoms in total. The van der Waals surface area contributed by atoms with E-state index in [0.29, 0.717) is 30.4 Å². The molecule has 0 radical (unpaired) electrons. The number of hydrogen-bond donors (Lipinski definition) is 1. The molecule has 138 valence electrons. The van der Waals surface area contributed by atoms with Gasteiger partial charge in [-0.05, 0) is 37.8 Å². The topological polar surface area (TPSA) is 84.1 Å². The molecule has 7 heteroatoms. The Labute approximate surface area is 156 Å². The fourth-order valence-electron chi connectivity index (χ4n) is 4.57. The van der Waals surface area contributed by atoms with Crippen LogP contribution in [0.3, 0.4) is 0 Å². The minimum absolute atomic E-state index is 0.103. The van der Waals surface area contributed by atoms with Crippen LogP contribution in [0.2, 0.25) is 0 Å². The van der Waals surface area contributed by atoms with Crippen LogP contribution in [0, 0.1) is 18.8 Å². The molecule has 1 saturated carbocycles. The largest absolute Gasteiger partial charge is 0.393 e. The van der Waals surface area contributed by atoms with Crippen LogP contribution in [0.5, 0.6) is 0 Å². The molecule has 2 fully saturated rings. The zero-order valence-corrected chi connectivity index (χ0v) is 15.1. The Hall–Kier alpha value is -2.80.